The highest BCUT2D eigenvalue weighted by molar-refractivity contribution is 5.29. The monoisotopic (exact) mass is 253 g/mol. The van der Waals surface area contributed by atoms with Crippen LogP contribution in [0.4, 0.5) is 4.39 Å². The van der Waals surface area contributed by atoms with Gasteiger partial charge in [0.25, 0.3) is 0 Å². The topological polar surface area (TPSA) is 30.5 Å². The lowest BCUT2D eigenvalue weighted by Crippen LogP contribution is -2.22. The van der Waals surface area contributed by atoms with E-state index in [1.165, 1.54) is 6.07 Å². The Labute approximate surface area is 107 Å². The molecule has 0 spiro atoms. The molecule has 1 unspecified atom stereocenters. The predicted octanol–water partition coefficient (Wildman–Crippen LogP) is 2.49. The Hall–Kier alpha value is -1.13. The van der Waals surface area contributed by atoms with E-state index in [4.69, 9.17) is 9.47 Å². The first kappa shape index (κ1) is 13.3. The summed E-state index contributed by atoms with van der Waals surface area (Å²) >= 11 is 0. The molecule has 1 N–H and O–H groups in total. The zero-order valence-corrected chi connectivity index (χ0v) is 10.9. The summed E-state index contributed by atoms with van der Waals surface area (Å²) in [6.07, 6.45) is 0.815. The minimum absolute atomic E-state index is 0.0147. The van der Waals surface area contributed by atoms with Crippen LogP contribution in [0.5, 0.6) is 5.75 Å². The van der Waals surface area contributed by atoms with Gasteiger partial charge in [0.15, 0.2) is 11.6 Å². The summed E-state index contributed by atoms with van der Waals surface area (Å²) in [5.41, 5.74) is 0.927. The van der Waals surface area contributed by atoms with Crippen molar-refractivity contribution in [3.8, 4) is 5.75 Å². The molecule has 1 aromatic carbocycles. The van der Waals surface area contributed by atoms with Crippen molar-refractivity contribution in [1.29, 1.82) is 0 Å². The summed E-state index contributed by atoms with van der Waals surface area (Å²) in [7, 11) is 0. The van der Waals surface area contributed by atoms with Crippen LogP contribution in [0.2, 0.25) is 0 Å². The number of halogens is 1. The summed E-state index contributed by atoms with van der Waals surface area (Å²) in [6.45, 7) is 6.04. The fourth-order valence-corrected chi connectivity index (χ4v) is 1.86. The van der Waals surface area contributed by atoms with E-state index in [0.29, 0.717) is 31.5 Å². The Morgan fingerprint density at radius 1 is 1.50 bits per heavy atom. The SMILES string of the molecule is CC(C)NCc1ccc(OC2CCOC2)c(F)c1. The number of hydrogen-bond donors (Lipinski definition) is 1. The van der Waals surface area contributed by atoms with Crippen LogP contribution < -0.4 is 10.1 Å². The first-order valence-corrected chi connectivity index (χ1v) is 6.41. The Morgan fingerprint density at radius 3 is 2.94 bits per heavy atom. The number of nitrogens with one attached hydrogen (secondary N) is 1. The van der Waals surface area contributed by atoms with Crippen molar-refractivity contribution < 1.29 is 13.9 Å². The molecule has 100 valence electrons. The molecule has 3 nitrogen and oxygen atoms in total. The molecule has 18 heavy (non-hydrogen) atoms. The van der Waals surface area contributed by atoms with Gasteiger partial charge >= 0.3 is 0 Å². The number of rotatable bonds is 5. The zero-order valence-electron chi connectivity index (χ0n) is 10.9. The van der Waals surface area contributed by atoms with Gasteiger partial charge in [0.2, 0.25) is 0 Å². The summed E-state index contributed by atoms with van der Waals surface area (Å²) in [6, 6.07) is 5.51. The smallest absolute Gasteiger partial charge is 0.165 e. The van der Waals surface area contributed by atoms with Gasteiger partial charge in [-0.2, -0.15) is 0 Å². The van der Waals surface area contributed by atoms with E-state index >= 15 is 0 Å². The molecular weight excluding hydrogens is 233 g/mol. The second kappa shape index (κ2) is 6.16. The number of ether oxygens (including phenoxy) is 2. The molecular formula is C14H20FNO2. The summed E-state index contributed by atoms with van der Waals surface area (Å²) in [4.78, 5) is 0. The molecule has 1 saturated heterocycles. The van der Waals surface area contributed by atoms with Gasteiger partial charge in [0.05, 0.1) is 13.2 Å². The zero-order chi connectivity index (χ0) is 13.0. The van der Waals surface area contributed by atoms with Gasteiger partial charge in [-0.25, -0.2) is 4.39 Å². The van der Waals surface area contributed by atoms with Crippen molar-refractivity contribution in [1.82, 2.24) is 5.32 Å². The van der Waals surface area contributed by atoms with Crippen LogP contribution in [0.3, 0.4) is 0 Å². The van der Waals surface area contributed by atoms with Crippen LogP contribution in [0.15, 0.2) is 18.2 Å². The van der Waals surface area contributed by atoms with Gasteiger partial charge in [-0.15, -0.1) is 0 Å². The third kappa shape index (κ3) is 3.68. The quantitative estimate of drug-likeness (QED) is 0.874. The van der Waals surface area contributed by atoms with E-state index in [1.54, 1.807) is 6.07 Å². The van der Waals surface area contributed by atoms with Crippen LogP contribution >= 0.6 is 0 Å². The van der Waals surface area contributed by atoms with Gasteiger partial charge in [-0.05, 0) is 17.7 Å². The van der Waals surface area contributed by atoms with Gasteiger partial charge in [-0.1, -0.05) is 19.9 Å². The molecule has 1 fully saturated rings. The maximum atomic E-state index is 13.8. The van der Waals surface area contributed by atoms with Crippen LogP contribution in [-0.2, 0) is 11.3 Å². The van der Waals surface area contributed by atoms with E-state index in [2.05, 4.69) is 19.2 Å². The second-order valence-corrected chi connectivity index (χ2v) is 4.90. The van der Waals surface area contributed by atoms with Crippen LogP contribution in [0.1, 0.15) is 25.8 Å². The fraction of sp³-hybridized carbons (Fsp3) is 0.571. The van der Waals surface area contributed by atoms with Crippen LogP contribution in [0.25, 0.3) is 0 Å². The molecule has 1 atom stereocenters. The van der Waals surface area contributed by atoms with Crippen molar-refractivity contribution in [2.45, 2.75) is 39.0 Å². The van der Waals surface area contributed by atoms with Gasteiger partial charge in [0.1, 0.15) is 6.10 Å². The standard InChI is InChI=1S/C14H20FNO2/c1-10(2)16-8-11-3-4-14(13(15)7-11)18-12-5-6-17-9-12/h3-4,7,10,12,16H,5-6,8-9H2,1-2H3. The lowest BCUT2D eigenvalue weighted by molar-refractivity contribution is 0.138. The van der Waals surface area contributed by atoms with Crippen molar-refractivity contribution in [2.24, 2.45) is 0 Å². The molecule has 0 amide bonds. The highest BCUT2D eigenvalue weighted by Crippen LogP contribution is 2.22. The molecule has 0 saturated carbocycles. The maximum Gasteiger partial charge on any atom is 0.165 e. The molecule has 1 aliphatic heterocycles. The Morgan fingerprint density at radius 2 is 2.33 bits per heavy atom. The van der Waals surface area contributed by atoms with E-state index in [1.807, 2.05) is 6.07 Å². The van der Waals surface area contributed by atoms with Crippen molar-refractivity contribution in [3.63, 3.8) is 0 Å². The van der Waals surface area contributed by atoms with Gasteiger partial charge < -0.3 is 14.8 Å². The molecule has 0 bridgehead atoms. The van der Waals surface area contributed by atoms with Crippen LogP contribution in [-0.4, -0.2) is 25.4 Å². The molecule has 0 aliphatic carbocycles. The lowest BCUT2D eigenvalue weighted by Gasteiger charge is -2.14. The molecule has 1 aromatic rings. The molecule has 0 aromatic heterocycles. The van der Waals surface area contributed by atoms with Crippen LogP contribution in [0, 0.1) is 5.82 Å². The molecule has 1 heterocycles. The van der Waals surface area contributed by atoms with Crippen molar-refractivity contribution in [2.75, 3.05) is 13.2 Å². The van der Waals surface area contributed by atoms with Gasteiger partial charge in [0, 0.05) is 19.0 Å². The largest absolute Gasteiger partial charge is 0.485 e. The first-order chi connectivity index (χ1) is 8.65. The highest BCUT2D eigenvalue weighted by Gasteiger charge is 2.18. The Kier molecular flexibility index (Phi) is 4.55. The van der Waals surface area contributed by atoms with E-state index in [-0.39, 0.29) is 11.9 Å². The van der Waals surface area contributed by atoms with E-state index in [0.717, 1.165) is 12.0 Å². The molecule has 4 heteroatoms. The fourth-order valence-electron chi connectivity index (χ4n) is 1.86. The Bertz CT molecular complexity index is 389. The third-order valence-corrected chi connectivity index (χ3v) is 2.89. The first-order valence-electron chi connectivity index (χ1n) is 6.41. The summed E-state index contributed by atoms with van der Waals surface area (Å²) in [5, 5.41) is 3.25. The Balaban J connectivity index is 1.95. The summed E-state index contributed by atoms with van der Waals surface area (Å²) in [5.74, 6) is 0.0174. The highest BCUT2D eigenvalue weighted by atomic mass is 19.1. The number of hydrogen-bond acceptors (Lipinski definition) is 3. The normalized spacial score (nSPS) is 19.4. The lowest BCUT2D eigenvalue weighted by atomic mass is 10.2. The minimum atomic E-state index is -0.301. The van der Waals surface area contributed by atoms with E-state index in [9.17, 15) is 4.39 Å². The second-order valence-electron chi connectivity index (χ2n) is 4.90. The molecule has 2 rings (SSSR count). The maximum absolute atomic E-state index is 13.8. The summed E-state index contributed by atoms with van der Waals surface area (Å²) < 4.78 is 24.6. The molecule has 0 radical (unpaired) electrons. The third-order valence-electron chi connectivity index (χ3n) is 2.89. The van der Waals surface area contributed by atoms with Crippen molar-refractivity contribution >= 4 is 0 Å². The minimum Gasteiger partial charge on any atom is -0.485 e. The molecule has 1 aliphatic rings. The van der Waals surface area contributed by atoms with Gasteiger partial charge in [-0.3, -0.25) is 0 Å². The average molecular weight is 253 g/mol. The van der Waals surface area contributed by atoms with Crippen molar-refractivity contribution in [3.05, 3.63) is 29.6 Å². The predicted molar refractivity (Wildman–Crippen MR) is 68.2 cm³/mol. The van der Waals surface area contributed by atoms with E-state index < -0.39 is 0 Å². The average Bonchev–Trinajstić information content (AvgIpc) is 2.82. The number of benzene rings is 1.